The number of carbonyl (C=O) groups excluding carboxylic acids is 1. The van der Waals surface area contributed by atoms with Crippen molar-refractivity contribution < 1.29 is 9.53 Å². The molecule has 0 saturated carbocycles. The number of hydrogen-bond donors (Lipinski definition) is 0. The van der Waals surface area contributed by atoms with Gasteiger partial charge in [-0.1, -0.05) is 18.2 Å². The summed E-state index contributed by atoms with van der Waals surface area (Å²) >= 11 is 1.69. The van der Waals surface area contributed by atoms with Gasteiger partial charge in [-0.15, -0.1) is 11.3 Å². The first-order chi connectivity index (χ1) is 11.8. The zero-order valence-electron chi connectivity index (χ0n) is 14.0. The van der Waals surface area contributed by atoms with Crippen molar-refractivity contribution in [3.05, 3.63) is 46.4 Å². The molecule has 3 rings (SSSR count). The van der Waals surface area contributed by atoms with Crippen molar-refractivity contribution in [3.8, 4) is 5.75 Å². The van der Waals surface area contributed by atoms with E-state index in [9.17, 15) is 4.79 Å². The molecule has 128 valence electrons. The van der Waals surface area contributed by atoms with Crippen LogP contribution in [0.2, 0.25) is 0 Å². The minimum Gasteiger partial charge on any atom is -0.496 e. The van der Waals surface area contributed by atoms with Crippen molar-refractivity contribution >= 4 is 17.2 Å². The fourth-order valence-corrected chi connectivity index (χ4v) is 3.68. The van der Waals surface area contributed by atoms with Crippen LogP contribution < -0.4 is 4.74 Å². The number of rotatable bonds is 5. The first-order valence-corrected chi connectivity index (χ1v) is 9.13. The molecule has 1 aromatic carbocycles. The first-order valence-electron chi connectivity index (χ1n) is 8.25. The Morgan fingerprint density at radius 1 is 1.25 bits per heavy atom. The summed E-state index contributed by atoms with van der Waals surface area (Å²) in [5.74, 6) is 0.964. The second kappa shape index (κ2) is 8.26. The van der Waals surface area contributed by atoms with E-state index in [1.807, 2.05) is 40.9 Å². The molecule has 0 spiro atoms. The predicted molar refractivity (Wildman–Crippen MR) is 95.3 cm³/mol. The number of thiazole rings is 1. The number of methoxy groups -OCH3 is 1. The Kier molecular flexibility index (Phi) is 5.82. The van der Waals surface area contributed by atoms with Gasteiger partial charge >= 0.3 is 0 Å². The smallest absolute Gasteiger partial charge is 0.227 e. The van der Waals surface area contributed by atoms with Gasteiger partial charge in [0.25, 0.3) is 0 Å². The first kappa shape index (κ1) is 16.9. The molecule has 5 nitrogen and oxygen atoms in total. The van der Waals surface area contributed by atoms with Crippen molar-refractivity contribution in [1.82, 2.24) is 14.8 Å². The normalized spacial score (nSPS) is 16.0. The third kappa shape index (κ3) is 4.33. The van der Waals surface area contributed by atoms with E-state index >= 15 is 0 Å². The molecule has 0 atom stereocenters. The Labute approximate surface area is 146 Å². The number of aromatic nitrogens is 1. The zero-order valence-corrected chi connectivity index (χ0v) is 14.8. The van der Waals surface area contributed by atoms with Gasteiger partial charge in [-0.3, -0.25) is 14.7 Å². The van der Waals surface area contributed by atoms with Crippen LogP contribution in [-0.4, -0.2) is 54.0 Å². The summed E-state index contributed by atoms with van der Waals surface area (Å²) in [6.45, 7) is 4.48. The topological polar surface area (TPSA) is 45.7 Å². The average Bonchev–Trinajstić information content (AvgIpc) is 2.99. The highest BCUT2D eigenvalue weighted by atomic mass is 32.1. The molecule has 1 fully saturated rings. The highest BCUT2D eigenvalue weighted by Gasteiger charge is 2.20. The van der Waals surface area contributed by atoms with E-state index < -0.39 is 0 Å². The van der Waals surface area contributed by atoms with Gasteiger partial charge in [0.2, 0.25) is 5.91 Å². The molecule has 6 heteroatoms. The van der Waals surface area contributed by atoms with E-state index in [4.69, 9.17) is 4.74 Å². The third-order valence-corrected chi connectivity index (χ3v) is 5.10. The van der Waals surface area contributed by atoms with Crippen molar-refractivity contribution in [2.24, 2.45) is 0 Å². The predicted octanol–water partition coefficient (Wildman–Crippen LogP) is 2.43. The summed E-state index contributed by atoms with van der Waals surface area (Å²) in [6.07, 6.45) is 3.34. The number of nitrogens with zero attached hydrogens (tertiary/aromatic N) is 3. The maximum absolute atomic E-state index is 12.7. The van der Waals surface area contributed by atoms with E-state index in [-0.39, 0.29) is 5.91 Å². The van der Waals surface area contributed by atoms with Crippen LogP contribution in [0.25, 0.3) is 0 Å². The molecule has 2 aromatic rings. The van der Waals surface area contributed by atoms with Crippen molar-refractivity contribution in [1.29, 1.82) is 0 Å². The number of para-hydroxylation sites is 1. The van der Waals surface area contributed by atoms with Gasteiger partial charge in [-0.25, -0.2) is 0 Å². The van der Waals surface area contributed by atoms with Gasteiger partial charge < -0.3 is 9.64 Å². The van der Waals surface area contributed by atoms with Crippen LogP contribution in [0.4, 0.5) is 0 Å². The quantitative estimate of drug-likeness (QED) is 0.835. The Bertz CT molecular complexity index is 660. The summed E-state index contributed by atoms with van der Waals surface area (Å²) in [4.78, 5) is 22.5. The van der Waals surface area contributed by atoms with E-state index in [1.54, 1.807) is 18.4 Å². The minimum absolute atomic E-state index is 0.180. The largest absolute Gasteiger partial charge is 0.496 e. The van der Waals surface area contributed by atoms with E-state index in [0.29, 0.717) is 6.42 Å². The lowest BCUT2D eigenvalue weighted by Gasteiger charge is -2.22. The molecule has 0 unspecified atom stereocenters. The van der Waals surface area contributed by atoms with Crippen LogP contribution in [-0.2, 0) is 17.8 Å². The van der Waals surface area contributed by atoms with Crippen LogP contribution in [0.5, 0.6) is 5.75 Å². The molecule has 2 heterocycles. The Balaban J connectivity index is 1.56. The fraction of sp³-hybridized carbons (Fsp3) is 0.444. The molecular weight excluding hydrogens is 322 g/mol. The van der Waals surface area contributed by atoms with E-state index in [1.165, 1.54) is 4.88 Å². The van der Waals surface area contributed by atoms with Crippen molar-refractivity contribution in [2.45, 2.75) is 19.4 Å². The molecule has 1 saturated heterocycles. The molecule has 24 heavy (non-hydrogen) atoms. The maximum atomic E-state index is 12.7. The third-order valence-electron chi connectivity index (χ3n) is 4.34. The monoisotopic (exact) mass is 345 g/mol. The summed E-state index contributed by atoms with van der Waals surface area (Å²) in [5.41, 5.74) is 2.83. The van der Waals surface area contributed by atoms with Crippen LogP contribution in [0.3, 0.4) is 0 Å². The van der Waals surface area contributed by atoms with Gasteiger partial charge in [0, 0.05) is 49.4 Å². The molecular formula is C18H23N3O2S. The lowest BCUT2D eigenvalue weighted by molar-refractivity contribution is -0.130. The highest BCUT2D eigenvalue weighted by molar-refractivity contribution is 7.09. The van der Waals surface area contributed by atoms with Gasteiger partial charge in [0.15, 0.2) is 0 Å². The van der Waals surface area contributed by atoms with Crippen LogP contribution in [0.15, 0.2) is 36.0 Å². The minimum atomic E-state index is 0.180. The van der Waals surface area contributed by atoms with Gasteiger partial charge in [0.1, 0.15) is 5.75 Å². The fourth-order valence-electron chi connectivity index (χ4n) is 3.04. The van der Waals surface area contributed by atoms with Crippen LogP contribution in [0, 0.1) is 0 Å². The number of amides is 1. The lowest BCUT2D eigenvalue weighted by atomic mass is 10.1. The highest BCUT2D eigenvalue weighted by Crippen LogP contribution is 2.19. The van der Waals surface area contributed by atoms with Gasteiger partial charge in [0.05, 0.1) is 19.0 Å². The van der Waals surface area contributed by atoms with Gasteiger partial charge in [-0.2, -0.15) is 0 Å². The Morgan fingerprint density at radius 3 is 2.92 bits per heavy atom. The molecule has 0 radical (unpaired) electrons. The second-order valence-electron chi connectivity index (χ2n) is 5.97. The van der Waals surface area contributed by atoms with E-state index in [2.05, 4.69) is 9.88 Å². The average molecular weight is 345 g/mol. The molecule has 0 aliphatic carbocycles. The zero-order chi connectivity index (χ0) is 16.8. The van der Waals surface area contributed by atoms with Crippen LogP contribution in [0.1, 0.15) is 16.9 Å². The molecule has 1 aliphatic heterocycles. The molecule has 1 aromatic heterocycles. The summed E-state index contributed by atoms with van der Waals surface area (Å²) in [5, 5.41) is 0. The SMILES string of the molecule is COc1ccccc1CC(=O)N1CCCN(Cc2cncs2)CC1. The summed E-state index contributed by atoms with van der Waals surface area (Å²) < 4.78 is 5.35. The molecule has 0 N–H and O–H groups in total. The molecule has 1 aliphatic rings. The number of carbonyl (C=O) groups is 1. The second-order valence-corrected chi connectivity index (χ2v) is 6.94. The van der Waals surface area contributed by atoms with Crippen molar-refractivity contribution in [3.63, 3.8) is 0 Å². The maximum Gasteiger partial charge on any atom is 0.227 e. The van der Waals surface area contributed by atoms with Crippen LogP contribution >= 0.6 is 11.3 Å². The van der Waals surface area contributed by atoms with E-state index in [0.717, 1.165) is 50.5 Å². The number of ether oxygens (including phenoxy) is 1. The number of benzene rings is 1. The molecule has 0 bridgehead atoms. The summed E-state index contributed by atoms with van der Waals surface area (Å²) in [6, 6.07) is 7.74. The standard InChI is InChI=1S/C18H23N3O2S/c1-23-17-6-3-2-5-15(17)11-18(22)21-8-4-7-20(9-10-21)13-16-12-19-14-24-16/h2-3,5-6,12,14H,4,7-11,13H2,1H3. The van der Waals surface area contributed by atoms with Gasteiger partial charge in [-0.05, 0) is 12.5 Å². The number of hydrogen-bond acceptors (Lipinski definition) is 5. The Morgan fingerprint density at radius 2 is 2.12 bits per heavy atom. The Hall–Kier alpha value is -1.92. The molecule has 1 amide bonds. The summed E-state index contributed by atoms with van der Waals surface area (Å²) in [7, 11) is 1.65. The lowest BCUT2D eigenvalue weighted by Crippen LogP contribution is -2.36. The van der Waals surface area contributed by atoms with Crippen molar-refractivity contribution in [2.75, 3.05) is 33.3 Å².